The topological polar surface area (TPSA) is 29.3 Å². The number of benzene rings is 1. The van der Waals surface area contributed by atoms with Crippen molar-refractivity contribution in [2.75, 3.05) is 23.7 Å². The minimum Gasteiger partial charge on any atom is -0.399 e. The van der Waals surface area contributed by atoms with Gasteiger partial charge in [-0.2, -0.15) is 0 Å². The average molecular weight is 190 g/mol. The fourth-order valence-corrected chi connectivity index (χ4v) is 2.17. The van der Waals surface area contributed by atoms with E-state index in [9.17, 15) is 0 Å². The van der Waals surface area contributed by atoms with Gasteiger partial charge in [0, 0.05) is 24.5 Å². The summed E-state index contributed by atoms with van der Waals surface area (Å²) in [6, 6.07) is 6.21. The summed E-state index contributed by atoms with van der Waals surface area (Å²) >= 11 is 0. The molecule has 1 saturated heterocycles. The van der Waals surface area contributed by atoms with Gasteiger partial charge in [-0.25, -0.2) is 0 Å². The Bertz CT molecular complexity index is 314. The lowest BCUT2D eigenvalue weighted by atomic mass is 10.1. The van der Waals surface area contributed by atoms with Crippen LogP contribution in [0.1, 0.15) is 24.8 Å². The summed E-state index contributed by atoms with van der Waals surface area (Å²) in [7, 11) is 0. The molecule has 2 rings (SSSR count). The summed E-state index contributed by atoms with van der Waals surface area (Å²) in [5.74, 6) is 0. The number of hydrogen-bond acceptors (Lipinski definition) is 2. The third-order valence-electron chi connectivity index (χ3n) is 2.92. The highest BCUT2D eigenvalue weighted by Crippen LogP contribution is 2.25. The zero-order valence-electron chi connectivity index (χ0n) is 8.79. The van der Waals surface area contributed by atoms with Crippen LogP contribution in [0.15, 0.2) is 18.2 Å². The van der Waals surface area contributed by atoms with Gasteiger partial charge in [0.1, 0.15) is 0 Å². The third-order valence-corrected chi connectivity index (χ3v) is 2.92. The van der Waals surface area contributed by atoms with Crippen molar-refractivity contribution in [2.45, 2.75) is 26.2 Å². The molecule has 0 aromatic heterocycles. The Morgan fingerprint density at radius 2 is 1.86 bits per heavy atom. The second kappa shape index (κ2) is 3.91. The Balaban J connectivity index is 2.22. The largest absolute Gasteiger partial charge is 0.399 e. The van der Waals surface area contributed by atoms with E-state index in [1.807, 2.05) is 6.07 Å². The van der Waals surface area contributed by atoms with Gasteiger partial charge in [0.25, 0.3) is 0 Å². The molecule has 1 aromatic rings. The van der Waals surface area contributed by atoms with Crippen LogP contribution in [0, 0.1) is 6.92 Å². The first kappa shape index (κ1) is 9.38. The minimum atomic E-state index is 0.864. The fraction of sp³-hybridized carbons (Fsp3) is 0.500. The maximum absolute atomic E-state index is 5.74. The van der Waals surface area contributed by atoms with E-state index in [0.717, 1.165) is 5.69 Å². The number of aryl methyl sites for hydroxylation is 1. The van der Waals surface area contributed by atoms with Crippen molar-refractivity contribution in [3.8, 4) is 0 Å². The van der Waals surface area contributed by atoms with Crippen LogP contribution in [0.25, 0.3) is 0 Å². The first-order valence-electron chi connectivity index (χ1n) is 5.38. The van der Waals surface area contributed by atoms with Gasteiger partial charge < -0.3 is 10.6 Å². The number of nitrogens with zero attached hydrogens (tertiary/aromatic N) is 1. The fourth-order valence-electron chi connectivity index (χ4n) is 2.17. The number of hydrogen-bond donors (Lipinski definition) is 1. The molecule has 1 aliphatic heterocycles. The predicted octanol–water partition coefficient (Wildman–Crippen LogP) is 2.57. The molecular formula is C12H18N2. The van der Waals surface area contributed by atoms with Crippen LogP contribution in [-0.2, 0) is 0 Å². The summed E-state index contributed by atoms with van der Waals surface area (Å²) < 4.78 is 0. The number of rotatable bonds is 1. The monoisotopic (exact) mass is 190 g/mol. The van der Waals surface area contributed by atoms with E-state index in [-0.39, 0.29) is 0 Å². The zero-order chi connectivity index (χ0) is 9.97. The Labute approximate surface area is 85.7 Å². The van der Waals surface area contributed by atoms with Crippen LogP contribution in [0.2, 0.25) is 0 Å². The molecule has 0 saturated carbocycles. The van der Waals surface area contributed by atoms with E-state index in [2.05, 4.69) is 24.0 Å². The third kappa shape index (κ3) is 1.84. The summed E-state index contributed by atoms with van der Waals surface area (Å²) in [5, 5.41) is 0. The maximum Gasteiger partial charge on any atom is 0.0397 e. The predicted molar refractivity (Wildman–Crippen MR) is 61.7 cm³/mol. The van der Waals surface area contributed by atoms with Gasteiger partial charge >= 0.3 is 0 Å². The van der Waals surface area contributed by atoms with Gasteiger partial charge in [-0.15, -0.1) is 0 Å². The molecule has 0 aliphatic carbocycles. The van der Waals surface area contributed by atoms with E-state index in [0.29, 0.717) is 0 Å². The SMILES string of the molecule is Cc1cc(N)ccc1N1CCCCC1. The van der Waals surface area contributed by atoms with Crippen molar-refractivity contribution in [3.05, 3.63) is 23.8 Å². The highest BCUT2D eigenvalue weighted by Gasteiger charge is 2.12. The molecule has 1 heterocycles. The Kier molecular flexibility index (Phi) is 2.62. The van der Waals surface area contributed by atoms with Gasteiger partial charge in [-0.05, 0) is 49.9 Å². The molecule has 0 spiro atoms. The van der Waals surface area contributed by atoms with E-state index in [1.165, 1.54) is 43.6 Å². The normalized spacial score (nSPS) is 17.1. The quantitative estimate of drug-likeness (QED) is 0.690. The standard InChI is InChI=1S/C12H18N2/c1-10-9-11(13)5-6-12(10)14-7-3-2-4-8-14/h5-6,9H,2-4,7-8,13H2,1H3. The lowest BCUT2D eigenvalue weighted by Gasteiger charge is -2.30. The molecule has 76 valence electrons. The smallest absolute Gasteiger partial charge is 0.0397 e. The molecule has 1 aliphatic rings. The molecule has 1 fully saturated rings. The second-order valence-electron chi connectivity index (χ2n) is 4.09. The first-order valence-corrected chi connectivity index (χ1v) is 5.38. The van der Waals surface area contributed by atoms with Gasteiger partial charge in [-0.1, -0.05) is 0 Å². The van der Waals surface area contributed by atoms with Crippen LogP contribution >= 0.6 is 0 Å². The Hall–Kier alpha value is -1.18. The molecule has 0 atom stereocenters. The Morgan fingerprint density at radius 1 is 1.14 bits per heavy atom. The highest BCUT2D eigenvalue weighted by atomic mass is 15.1. The molecule has 0 bridgehead atoms. The average Bonchev–Trinajstić information content (AvgIpc) is 2.19. The minimum absolute atomic E-state index is 0.864. The number of nitrogen functional groups attached to an aromatic ring is 1. The van der Waals surface area contributed by atoms with Crippen molar-refractivity contribution in [2.24, 2.45) is 0 Å². The molecule has 0 radical (unpaired) electrons. The zero-order valence-corrected chi connectivity index (χ0v) is 8.79. The number of anilines is 2. The summed E-state index contributed by atoms with van der Waals surface area (Å²) in [6.45, 7) is 4.54. The summed E-state index contributed by atoms with van der Waals surface area (Å²) in [5.41, 5.74) is 9.26. The van der Waals surface area contributed by atoms with Crippen molar-refractivity contribution in [3.63, 3.8) is 0 Å². The number of nitrogens with two attached hydrogens (primary N) is 1. The van der Waals surface area contributed by atoms with Crippen LogP contribution < -0.4 is 10.6 Å². The van der Waals surface area contributed by atoms with E-state index in [4.69, 9.17) is 5.73 Å². The number of piperidine rings is 1. The van der Waals surface area contributed by atoms with E-state index < -0.39 is 0 Å². The Morgan fingerprint density at radius 3 is 2.50 bits per heavy atom. The molecule has 1 aromatic carbocycles. The van der Waals surface area contributed by atoms with Crippen molar-refractivity contribution in [1.29, 1.82) is 0 Å². The van der Waals surface area contributed by atoms with Crippen LogP contribution in [0.3, 0.4) is 0 Å². The molecular weight excluding hydrogens is 172 g/mol. The molecule has 14 heavy (non-hydrogen) atoms. The van der Waals surface area contributed by atoms with E-state index in [1.54, 1.807) is 0 Å². The molecule has 0 amide bonds. The van der Waals surface area contributed by atoms with E-state index >= 15 is 0 Å². The van der Waals surface area contributed by atoms with Gasteiger partial charge in [0.05, 0.1) is 0 Å². The second-order valence-corrected chi connectivity index (χ2v) is 4.09. The van der Waals surface area contributed by atoms with Crippen molar-refractivity contribution < 1.29 is 0 Å². The summed E-state index contributed by atoms with van der Waals surface area (Å²) in [6.07, 6.45) is 4.03. The van der Waals surface area contributed by atoms with Crippen molar-refractivity contribution in [1.82, 2.24) is 0 Å². The maximum atomic E-state index is 5.74. The molecule has 2 N–H and O–H groups in total. The molecule has 2 nitrogen and oxygen atoms in total. The molecule has 0 unspecified atom stereocenters. The van der Waals surface area contributed by atoms with Gasteiger partial charge in [0.2, 0.25) is 0 Å². The lowest BCUT2D eigenvalue weighted by Crippen LogP contribution is -2.29. The van der Waals surface area contributed by atoms with Crippen LogP contribution in [0.5, 0.6) is 0 Å². The summed E-state index contributed by atoms with van der Waals surface area (Å²) in [4.78, 5) is 2.47. The lowest BCUT2D eigenvalue weighted by molar-refractivity contribution is 0.577. The highest BCUT2D eigenvalue weighted by molar-refractivity contribution is 5.59. The van der Waals surface area contributed by atoms with Gasteiger partial charge in [-0.3, -0.25) is 0 Å². The molecule has 2 heteroatoms. The first-order chi connectivity index (χ1) is 6.77. The van der Waals surface area contributed by atoms with Crippen molar-refractivity contribution >= 4 is 11.4 Å². The van der Waals surface area contributed by atoms with Crippen LogP contribution in [0.4, 0.5) is 11.4 Å². The van der Waals surface area contributed by atoms with Gasteiger partial charge in [0.15, 0.2) is 0 Å². The van der Waals surface area contributed by atoms with Crippen LogP contribution in [-0.4, -0.2) is 13.1 Å².